The van der Waals surface area contributed by atoms with E-state index >= 15 is 0 Å². The first-order chi connectivity index (χ1) is 9.27. The highest BCUT2D eigenvalue weighted by Gasteiger charge is 2.24. The second kappa shape index (κ2) is 9.34. The number of rotatable bonds is 9. The number of nitrogens with one attached hydrogen (secondary N) is 2. The van der Waals surface area contributed by atoms with Gasteiger partial charge in [0.25, 0.3) is 0 Å². The maximum absolute atomic E-state index is 11.7. The Balaban J connectivity index is 4.09. The normalized spacial score (nSPS) is 13.7. The van der Waals surface area contributed by atoms with E-state index in [1.54, 1.807) is 6.92 Å². The van der Waals surface area contributed by atoms with Crippen molar-refractivity contribution in [1.82, 2.24) is 10.6 Å². The minimum atomic E-state index is -1.02. The van der Waals surface area contributed by atoms with Gasteiger partial charge in [0.15, 0.2) is 0 Å². The van der Waals surface area contributed by atoms with Crippen LogP contribution < -0.4 is 10.6 Å². The number of hydrogen-bond donors (Lipinski definition) is 3. The van der Waals surface area contributed by atoms with Gasteiger partial charge in [-0.1, -0.05) is 20.3 Å². The van der Waals surface area contributed by atoms with Crippen LogP contribution in [-0.4, -0.2) is 35.0 Å². The van der Waals surface area contributed by atoms with Gasteiger partial charge >= 0.3 is 5.97 Å². The fourth-order valence-electron chi connectivity index (χ4n) is 1.73. The molecule has 0 saturated carbocycles. The van der Waals surface area contributed by atoms with Crippen molar-refractivity contribution < 1.29 is 19.5 Å². The van der Waals surface area contributed by atoms with Crippen molar-refractivity contribution >= 4 is 17.8 Å². The van der Waals surface area contributed by atoms with Crippen molar-refractivity contribution in [1.29, 1.82) is 0 Å². The zero-order chi connectivity index (χ0) is 15.7. The molecule has 0 aliphatic rings. The van der Waals surface area contributed by atoms with Crippen molar-refractivity contribution in [2.24, 2.45) is 5.92 Å². The van der Waals surface area contributed by atoms with Gasteiger partial charge in [-0.25, -0.2) is 4.79 Å². The third kappa shape index (κ3) is 7.76. The molecule has 0 saturated heterocycles. The molecule has 6 nitrogen and oxygen atoms in total. The molecule has 0 aliphatic heterocycles. The standard InChI is InChI=1S/C14H26N2O4/c1-5-10(4)13(14(19)20)16-12(18)8-6-7-11(17)15-9(2)3/h9-10,13H,5-8H2,1-4H3,(H,15,17)(H,16,18)(H,19,20)/t10-,13-/m0/s1. The van der Waals surface area contributed by atoms with Crippen LogP contribution in [0.4, 0.5) is 0 Å². The monoisotopic (exact) mass is 286 g/mol. The summed E-state index contributed by atoms with van der Waals surface area (Å²) in [6, 6.07) is -0.782. The highest BCUT2D eigenvalue weighted by molar-refractivity contribution is 5.84. The van der Waals surface area contributed by atoms with Gasteiger partial charge < -0.3 is 15.7 Å². The first-order valence-corrected chi connectivity index (χ1v) is 7.09. The number of aliphatic carboxylic acids is 1. The van der Waals surface area contributed by atoms with Gasteiger partial charge in [0.1, 0.15) is 6.04 Å². The van der Waals surface area contributed by atoms with Gasteiger partial charge in [0, 0.05) is 18.9 Å². The van der Waals surface area contributed by atoms with Gasteiger partial charge in [0.2, 0.25) is 11.8 Å². The van der Waals surface area contributed by atoms with E-state index in [1.807, 2.05) is 20.8 Å². The Hall–Kier alpha value is -1.59. The molecule has 2 atom stereocenters. The van der Waals surface area contributed by atoms with Crippen LogP contribution >= 0.6 is 0 Å². The third-order valence-electron chi connectivity index (χ3n) is 3.05. The molecule has 0 aromatic carbocycles. The SMILES string of the molecule is CC[C@H](C)[C@H](NC(=O)CCCC(=O)NC(C)C)C(=O)O. The Bertz CT molecular complexity index is 342. The number of carbonyl (C=O) groups excluding carboxylic acids is 2. The van der Waals surface area contributed by atoms with Crippen LogP contribution in [0.15, 0.2) is 0 Å². The Morgan fingerprint density at radius 2 is 1.50 bits per heavy atom. The number of amides is 2. The summed E-state index contributed by atoms with van der Waals surface area (Å²) in [5.74, 6) is -1.56. The molecule has 6 heteroatoms. The Morgan fingerprint density at radius 3 is 1.90 bits per heavy atom. The van der Waals surface area contributed by atoms with Gasteiger partial charge in [-0.2, -0.15) is 0 Å². The summed E-state index contributed by atoms with van der Waals surface area (Å²) < 4.78 is 0. The van der Waals surface area contributed by atoms with E-state index < -0.39 is 12.0 Å². The maximum atomic E-state index is 11.7. The van der Waals surface area contributed by atoms with Gasteiger partial charge in [0.05, 0.1) is 0 Å². The lowest BCUT2D eigenvalue weighted by atomic mass is 9.99. The lowest BCUT2D eigenvalue weighted by Crippen LogP contribution is -2.45. The molecular formula is C14H26N2O4. The quantitative estimate of drug-likeness (QED) is 0.595. The van der Waals surface area contributed by atoms with E-state index in [-0.39, 0.29) is 36.6 Å². The van der Waals surface area contributed by atoms with Crippen LogP contribution in [0.3, 0.4) is 0 Å². The third-order valence-corrected chi connectivity index (χ3v) is 3.05. The Kier molecular flexibility index (Phi) is 8.59. The fourth-order valence-corrected chi connectivity index (χ4v) is 1.73. The van der Waals surface area contributed by atoms with Crippen molar-refractivity contribution in [3.05, 3.63) is 0 Å². The predicted octanol–water partition coefficient (Wildman–Crippen LogP) is 1.30. The molecule has 0 aromatic rings. The summed E-state index contributed by atoms with van der Waals surface area (Å²) in [5, 5.41) is 14.3. The molecule has 20 heavy (non-hydrogen) atoms. The molecular weight excluding hydrogens is 260 g/mol. The maximum Gasteiger partial charge on any atom is 0.326 e. The van der Waals surface area contributed by atoms with Crippen LogP contribution in [0.25, 0.3) is 0 Å². The first kappa shape index (κ1) is 18.4. The lowest BCUT2D eigenvalue weighted by molar-refractivity contribution is -0.143. The molecule has 3 N–H and O–H groups in total. The highest BCUT2D eigenvalue weighted by atomic mass is 16.4. The molecule has 0 rings (SSSR count). The highest BCUT2D eigenvalue weighted by Crippen LogP contribution is 2.08. The molecule has 0 aromatic heterocycles. The van der Waals surface area contributed by atoms with E-state index in [0.29, 0.717) is 12.8 Å². The predicted molar refractivity (Wildman–Crippen MR) is 76.2 cm³/mol. The summed E-state index contributed by atoms with van der Waals surface area (Å²) in [5.41, 5.74) is 0. The minimum Gasteiger partial charge on any atom is -0.480 e. The first-order valence-electron chi connectivity index (χ1n) is 7.09. The van der Waals surface area contributed by atoms with Crippen LogP contribution in [0.5, 0.6) is 0 Å². The van der Waals surface area contributed by atoms with Crippen molar-refractivity contribution in [3.63, 3.8) is 0 Å². The van der Waals surface area contributed by atoms with E-state index in [0.717, 1.165) is 0 Å². The number of carboxylic acids is 1. The molecule has 0 spiro atoms. The van der Waals surface area contributed by atoms with E-state index in [2.05, 4.69) is 10.6 Å². The average molecular weight is 286 g/mol. The summed E-state index contributed by atoms with van der Waals surface area (Å²) in [6.07, 6.45) is 1.52. The molecule has 2 amide bonds. The molecule has 0 radical (unpaired) electrons. The van der Waals surface area contributed by atoms with Crippen molar-refractivity contribution in [2.75, 3.05) is 0 Å². The van der Waals surface area contributed by atoms with Crippen LogP contribution in [-0.2, 0) is 14.4 Å². The van der Waals surface area contributed by atoms with Crippen molar-refractivity contribution in [3.8, 4) is 0 Å². The molecule has 0 fully saturated rings. The van der Waals surface area contributed by atoms with Crippen LogP contribution in [0.1, 0.15) is 53.4 Å². The summed E-state index contributed by atoms with van der Waals surface area (Å²) in [6.45, 7) is 7.40. The summed E-state index contributed by atoms with van der Waals surface area (Å²) in [7, 11) is 0. The van der Waals surface area contributed by atoms with E-state index in [9.17, 15) is 14.4 Å². The summed E-state index contributed by atoms with van der Waals surface area (Å²) in [4.78, 5) is 34.1. The molecule has 0 bridgehead atoms. The van der Waals surface area contributed by atoms with Crippen LogP contribution in [0, 0.1) is 5.92 Å². The fraction of sp³-hybridized carbons (Fsp3) is 0.786. The molecule has 116 valence electrons. The summed E-state index contributed by atoms with van der Waals surface area (Å²) >= 11 is 0. The van der Waals surface area contributed by atoms with Crippen LogP contribution in [0.2, 0.25) is 0 Å². The lowest BCUT2D eigenvalue weighted by Gasteiger charge is -2.20. The number of carbonyl (C=O) groups is 3. The molecule has 0 aliphatic carbocycles. The second-order valence-corrected chi connectivity index (χ2v) is 5.34. The average Bonchev–Trinajstić information content (AvgIpc) is 2.33. The Morgan fingerprint density at radius 1 is 1.00 bits per heavy atom. The van der Waals surface area contributed by atoms with E-state index in [4.69, 9.17) is 5.11 Å². The van der Waals surface area contributed by atoms with Gasteiger partial charge in [-0.3, -0.25) is 9.59 Å². The zero-order valence-electron chi connectivity index (χ0n) is 12.7. The van der Waals surface area contributed by atoms with Crippen molar-refractivity contribution in [2.45, 2.75) is 65.5 Å². The van der Waals surface area contributed by atoms with Gasteiger partial charge in [-0.15, -0.1) is 0 Å². The molecule has 0 heterocycles. The second-order valence-electron chi connectivity index (χ2n) is 5.34. The zero-order valence-corrected chi connectivity index (χ0v) is 12.7. The molecule has 0 unspecified atom stereocenters. The number of carboxylic acid groups (broad SMARTS) is 1. The topological polar surface area (TPSA) is 95.5 Å². The number of hydrogen-bond acceptors (Lipinski definition) is 3. The van der Waals surface area contributed by atoms with E-state index in [1.165, 1.54) is 0 Å². The smallest absolute Gasteiger partial charge is 0.326 e. The van der Waals surface area contributed by atoms with Gasteiger partial charge in [-0.05, 0) is 26.2 Å². The largest absolute Gasteiger partial charge is 0.480 e. The Labute approximate surface area is 120 Å². The minimum absolute atomic E-state index is 0.0816.